The molecule has 2 aromatic heterocycles. The maximum atomic E-state index is 13.4. The monoisotopic (exact) mass is 546 g/mol. The van der Waals surface area contributed by atoms with E-state index in [1.807, 2.05) is 17.5 Å². The van der Waals surface area contributed by atoms with Crippen LogP contribution in [0.5, 0.6) is 5.75 Å². The number of pyridine rings is 1. The van der Waals surface area contributed by atoms with Crippen LogP contribution in [0.3, 0.4) is 0 Å². The van der Waals surface area contributed by atoms with Crippen LogP contribution in [0.15, 0.2) is 85.3 Å². The molecule has 0 aliphatic rings. The summed E-state index contributed by atoms with van der Waals surface area (Å²) in [7, 11) is 0. The Hall–Kier alpha value is -2.62. The number of aromatic nitrogens is 2. The van der Waals surface area contributed by atoms with E-state index in [4.69, 9.17) is 0 Å². The van der Waals surface area contributed by atoms with E-state index in [0.29, 0.717) is 19.4 Å². The number of hydrogen-bond acceptors (Lipinski definition) is 5. The Morgan fingerprint density at radius 1 is 1.10 bits per heavy atom. The van der Waals surface area contributed by atoms with E-state index in [0.717, 1.165) is 16.8 Å². The molecule has 2 heterocycles. The van der Waals surface area contributed by atoms with Crippen molar-refractivity contribution in [1.82, 2.24) is 9.66 Å². The molecule has 4 rings (SSSR count). The molecule has 0 saturated carbocycles. The molecule has 0 spiro atoms. The lowest BCUT2D eigenvalue weighted by Crippen LogP contribution is -2.11. The van der Waals surface area contributed by atoms with Crippen LogP contribution in [0.4, 0.5) is 10.1 Å². The van der Waals surface area contributed by atoms with Crippen molar-refractivity contribution >= 4 is 55.1 Å². The van der Waals surface area contributed by atoms with Crippen LogP contribution in [0, 0.1) is 5.82 Å². The number of phenols is 1. The van der Waals surface area contributed by atoms with Gasteiger partial charge in [-0.05, 0) is 86.0 Å². The number of benzene rings is 2. The van der Waals surface area contributed by atoms with Crippen molar-refractivity contribution in [1.29, 1.82) is 0 Å². The highest BCUT2D eigenvalue weighted by Crippen LogP contribution is 2.33. The van der Waals surface area contributed by atoms with E-state index in [1.54, 1.807) is 47.5 Å². The summed E-state index contributed by atoms with van der Waals surface area (Å²) in [6.45, 7) is 0. The molecule has 0 radical (unpaired) electrons. The minimum Gasteiger partial charge on any atom is -0.506 e. The number of thiazole rings is 1. The van der Waals surface area contributed by atoms with Crippen molar-refractivity contribution in [2.45, 2.75) is 0 Å². The molecule has 0 fully saturated rings. The van der Waals surface area contributed by atoms with Crippen LogP contribution in [-0.4, -0.2) is 21.0 Å². The second kappa shape index (κ2) is 9.03. The molecule has 30 heavy (non-hydrogen) atoms. The number of aromatic hydroxyl groups is 1. The van der Waals surface area contributed by atoms with Crippen molar-refractivity contribution in [2.24, 2.45) is 10.1 Å². The van der Waals surface area contributed by atoms with Gasteiger partial charge in [0.15, 0.2) is 0 Å². The minimum absolute atomic E-state index is 0.120. The Kier molecular flexibility index (Phi) is 6.21. The third kappa shape index (κ3) is 4.58. The quantitative estimate of drug-likeness (QED) is 0.314. The zero-order valence-corrected chi connectivity index (χ0v) is 19.2. The van der Waals surface area contributed by atoms with Gasteiger partial charge in [0.25, 0.3) is 0 Å². The van der Waals surface area contributed by atoms with Gasteiger partial charge in [-0.25, -0.2) is 14.1 Å². The molecule has 5 nitrogen and oxygen atoms in total. The third-order valence-electron chi connectivity index (χ3n) is 4.06. The fraction of sp³-hybridized carbons (Fsp3) is 0. The van der Waals surface area contributed by atoms with Gasteiger partial charge < -0.3 is 5.11 Å². The largest absolute Gasteiger partial charge is 0.506 e. The highest BCUT2D eigenvalue weighted by molar-refractivity contribution is 9.11. The van der Waals surface area contributed by atoms with Crippen LogP contribution in [0.1, 0.15) is 5.56 Å². The van der Waals surface area contributed by atoms with Gasteiger partial charge in [0.05, 0.1) is 32.7 Å². The second-order valence-electron chi connectivity index (χ2n) is 6.12. The topological polar surface area (TPSA) is 62.8 Å². The van der Waals surface area contributed by atoms with Crippen LogP contribution in [-0.2, 0) is 0 Å². The van der Waals surface area contributed by atoms with Gasteiger partial charge in [-0.3, -0.25) is 4.98 Å². The average molecular weight is 548 g/mol. The fourth-order valence-electron chi connectivity index (χ4n) is 2.62. The standard InChI is InChI=1S/C21H13Br2FN4OS/c22-17-8-13(9-18(23)20(17)29)10-26-28-19(14-3-5-15(24)6-4-14)12-30-21(28)27-16-2-1-7-25-11-16/h1-12,29H. The van der Waals surface area contributed by atoms with Crippen molar-refractivity contribution < 1.29 is 9.50 Å². The molecule has 1 N–H and O–H groups in total. The predicted octanol–water partition coefficient (Wildman–Crippen LogP) is 6.10. The molecule has 2 aromatic carbocycles. The molecule has 0 amide bonds. The number of rotatable bonds is 4. The molecule has 0 aliphatic carbocycles. The molecule has 4 aromatic rings. The first-order valence-electron chi connectivity index (χ1n) is 8.65. The van der Waals surface area contributed by atoms with E-state index < -0.39 is 0 Å². The summed E-state index contributed by atoms with van der Waals surface area (Å²) in [6, 6.07) is 13.4. The Balaban J connectivity index is 1.84. The smallest absolute Gasteiger partial charge is 0.211 e. The van der Waals surface area contributed by atoms with Crippen molar-refractivity contribution in [3.8, 4) is 17.0 Å². The first-order chi connectivity index (χ1) is 14.5. The Morgan fingerprint density at radius 3 is 2.50 bits per heavy atom. The summed E-state index contributed by atoms with van der Waals surface area (Å²) in [4.78, 5) is 9.37. The molecule has 9 heteroatoms. The van der Waals surface area contributed by atoms with Gasteiger partial charge in [0, 0.05) is 17.1 Å². The van der Waals surface area contributed by atoms with Gasteiger partial charge in [-0.1, -0.05) is 0 Å². The first-order valence-corrected chi connectivity index (χ1v) is 11.1. The zero-order valence-electron chi connectivity index (χ0n) is 15.2. The molecule has 0 saturated heterocycles. The van der Waals surface area contributed by atoms with E-state index in [1.165, 1.54) is 23.5 Å². The summed E-state index contributed by atoms with van der Waals surface area (Å²) in [6.07, 6.45) is 5.01. The van der Waals surface area contributed by atoms with Crippen molar-refractivity contribution in [3.05, 3.63) is 91.4 Å². The van der Waals surface area contributed by atoms with E-state index >= 15 is 0 Å². The zero-order chi connectivity index (χ0) is 21.1. The Morgan fingerprint density at radius 2 is 1.83 bits per heavy atom. The molecule has 0 atom stereocenters. The number of hydrogen-bond donors (Lipinski definition) is 1. The normalized spacial score (nSPS) is 12.0. The first kappa shape index (κ1) is 20.6. The van der Waals surface area contributed by atoms with Crippen LogP contribution < -0.4 is 4.80 Å². The lowest BCUT2D eigenvalue weighted by Gasteiger charge is -2.05. The number of phenolic OH excluding ortho intramolecular Hbond substituents is 1. The molecule has 0 unspecified atom stereocenters. The number of halogens is 3. The average Bonchev–Trinajstić information content (AvgIpc) is 3.14. The Bertz CT molecular complexity index is 1260. The van der Waals surface area contributed by atoms with Gasteiger partial charge >= 0.3 is 0 Å². The minimum atomic E-state index is -0.303. The summed E-state index contributed by atoms with van der Waals surface area (Å²) in [5.74, 6) is -0.183. The molecule has 0 bridgehead atoms. The number of nitrogens with zero attached hydrogens (tertiary/aromatic N) is 4. The highest BCUT2D eigenvalue weighted by atomic mass is 79.9. The van der Waals surface area contributed by atoms with Gasteiger partial charge in [-0.15, -0.1) is 11.3 Å². The van der Waals surface area contributed by atoms with Crippen LogP contribution >= 0.6 is 43.2 Å². The van der Waals surface area contributed by atoms with Crippen LogP contribution in [0.25, 0.3) is 11.3 Å². The maximum absolute atomic E-state index is 13.4. The van der Waals surface area contributed by atoms with Crippen LogP contribution in [0.2, 0.25) is 0 Å². The predicted molar refractivity (Wildman–Crippen MR) is 124 cm³/mol. The van der Waals surface area contributed by atoms with Crippen molar-refractivity contribution in [2.75, 3.05) is 0 Å². The van der Waals surface area contributed by atoms with E-state index in [2.05, 4.69) is 46.9 Å². The fourth-order valence-corrected chi connectivity index (χ4v) is 4.70. The van der Waals surface area contributed by atoms with E-state index in [9.17, 15) is 9.50 Å². The van der Waals surface area contributed by atoms with Gasteiger partial charge in [0.1, 0.15) is 11.6 Å². The summed E-state index contributed by atoms with van der Waals surface area (Å²) in [5.41, 5.74) is 3.05. The van der Waals surface area contributed by atoms with Gasteiger partial charge in [-0.2, -0.15) is 5.10 Å². The molecular weight excluding hydrogens is 535 g/mol. The summed E-state index contributed by atoms with van der Waals surface area (Å²) in [5, 5.41) is 16.4. The maximum Gasteiger partial charge on any atom is 0.211 e. The SMILES string of the molecule is Oc1c(Br)cc(C=Nn2c(-c3ccc(F)cc3)csc2=Nc2cccnc2)cc1Br. The molecule has 0 aliphatic heterocycles. The molecule has 150 valence electrons. The second-order valence-corrected chi connectivity index (χ2v) is 8.67. The highest BCUT2D eigenvalue weighted by Gasteiger charge is 2.09. The third-order valence-corrected chi connectivity index (χ3v) is 6.08. The Labute approximate surface area is 192 Å². The lowest BCUT2D eigenvalue weighted by atomic mass is 10.2. The van der Waals surface area contributed by atoms with E-state index in [-0.39, 0.29) is 11.6 Å². The molecular formula is C21H13Br2FN4OS. The lowest BCUT2D eigenvalue weighted by molar-refractivity contribution is 0.468. The van der Waals surface area contributed by atoms with Gasteiger partial charge in [0.2, 0.25) is 4.80 Å². The van der Waals surface area contributed by atoms with Crippen molar-refractivity contribution in [3.63, 3.8) is 0 Å². The summed E-state index contributed by atoms with van der Waals surface area (Å²) >= 11 is 8.07. The summed E-state index contributed by atoms with van der Waals surface area (Å²) < 4.78 is 16.2.